The van der Waals surface area contributed by atoms with Gasteiger partial charge in [0.25, 0.3) is 0 Å². The molecule has 0 unspecified atom stereocenters. The first-order chi connectivity index (χ1) is 12.2. The number of nitrogens with one attached hydrogen (secondary N) is 1. The molecule has 0 radical (unpaired) electrons. The maximum atomic E-state index is 11.6. The lowest BCUT2D eigenvalue weighted by atomic mass is 10.0. The highest BCUT2D eigenvalue weighted by atomic mass is 16.5. The number of aromatic nitrogens is 2. The molecule has 2 aliphatic heterocycles. The predicted molar refractivity (Wildman–Crippen MR) is 94.2 cm³/mol. The second-order valence-electron chi connectivity index (χ2n) is 5.95. The van der Waals surface area contributed by atoms with Gasteiger partial charge in [-0.05, 0) is 24.6 Å². The third-order valence-electron chi connectivity index (χ3n) is 4.31. The number of carbonyl (C=O) groups excluding carboxylic acids is 1. The second kappa shape index (κ2) is 6.51. The fourth-order valence-corrected chi connectivity index (χ4v) is 3.12. The van der Waals surface area contributed by atoms with Crippen LogP contribution in [0.3, 0.4) is 0 Å². The van der Waals surface area contributed by atoms with Crippen molar-refractivity contribution in [3.63, 3.8) is 0 Å². The fraction of sp³-hybridized carbons (Fsp3) is 0.333. The molecule has 1 fully saturated rings. The zero-order valence-corrected chi connectivity index (χ0v) is 14.0. The normalized spacial score (nSPS) is 16.3. The third-order valence-corrected chi connectivity index (χ3v) is 4.31. The van der Waals surface area contributed by atoms with Crippen molar-refractivity contribution in [2.75, 3.05) is 31.1 Å². The number of amides is 1. The Bertz CT molecular complexity index is 849. The number of piperazine rings is 1. The van der Waals surface area contributed by atoms with Gasteiger partial charge in [0.1, 0.15) is 17.9 Å². The van der Waals surface area contributed by atoms with Gasteiger partial charge in [-0.15, -0.1) is 0 Å². The number of hydrogen-bond donors (Lipinski definition) is 1. The van der Waals surface area contributed by atoms with Crippen molar-refractivity contribution in [1.82, 2.24) is 15.3 Å². The molecule has 0 spiro atoms. The lowest BCUT2D eigenvalue weighted by Gasteiger charge is -2.27. The minimum Gasteiger partial charge on any atom is -0.494 e. The number of ether oxygens (including phenoxy) is 1. The van der Waals surface area contributed by atoms with Crippen LogP contribution in [0.15, 0.2) is 35.6 Å². The number of nitrogens with zero attached hydrogens (tertiary/aromatic N) is 4. The van der Waals surface area contributed by atoms with Crippen LogP contribution in [0.25, 0.3) is 0 Å². The van der Waals surface area contributed by atoms with E-state index in [0.29, 0.717) is 26.2 Å². The molecule has 1 saturated heterocycles. The molecule has 7 heteroatoms. The van der Waals surface area contributed by atoms with Gasteiger partial charge >= 0.3 is 0 Å². The number of anilines is 1. The van der Waals surface area contributed by atoms with E-state index in [1.54, 1.807) is 0 Å². The van der Waals surface area contributed by atoms with E-state index in [0.717, 1.165) is 40.6 Å². The Morgan fingerprint density at radius 2 is 2.20 bits per heavy atom. The summed E-state index contributed by atoms with van der Waals surface area (Å²) in [4.78, 5) is 26.9. The first kappa shape index (κ1) is 15.6. The molecule has 1 N–H and O–H groups in total. The van der Waals surface area contributed by atoms with Crippen LogP contribution in [0.1, 0.15) is 23.7 Å². The quantitative estimate of drug-likeness (QED) is 0.906. The van der Waals surface area contributed by atoms with Gasteiger partial charge in [-0.2, -0.15) is 0 Å². The van der Waals surface area contributed by atoms with Crippen molar-refractivity contribution in [2.24, 2.45) is 4.99 Å². The van der Waals surface area contributed by atoms with Crippen LogP contribution in [0.4, 0.5) is 5.82 Å². The van der Waals surface area contributed by atoms with E-state index in [-0.39, 0.29) is 5.91 Å². The van der Waals surface area contributed by atoms with Crippen molar-refractivity contribution in [3.05, 3.63) is 47.4 Å². The lowest BCUT2D eigenvalue weighted by Crippen LogP contribution is -2.48. The molecular weight excluding hydrogens is 318 g/mol. The first-order valence-corrected chi connectivity index (χ1v) is 8.39. The number of fused-ring (bicyclic) bond motifs is 1. The predicted octanol–water partition coefficient (Wildman–Crippen LogP) is 1.16. The van der Waals surface area contributed by atoms with Crippen LogP contribution in [-0.2, 0) is 11.3 Å². The zero-order valence-electron chi connectivity index (χ0n) is 14.0. The van der Waals surface area contributed by atoms with Gasteiger partial charge in [0.2, 0.25) is 5.91 Å². The Hall–Kier alpha value is -2.96. The van der Waals surface area contributed by atoms with Gasteiger partial charge < -0.3 is 15.0 Å². The van der Waals surface area contributed by atoms with Crippen LogP contribution in [0.2, 0.25) is 0 Å². The largest absolute Gasteiger partial charge is 0.494 e. The molecule has 0 saturated carbocycles. The molecule has 128 valence electrons. The van der Waals surface area contributed by atoms with Crippen LogP contribution in [-0.4, -0.2) is 47.8 Å². The Morgan fingerprint density at radius 1 is 1.28 bits per heavy atom. The summed E-state index contributed by atoms with van der Waals surface area (Å²) < 4.78 is 5.61. The highest BCUT2D eigenvalue weighted by Crippen LogP contribution is 2.27. The van der Waals surface area contributed by atoms with E-state index in [4.69, 9.17) is 4.74 Å². The Morgan fingerprint density at radius 3 is 3.04 bits per heavy atom. The van der Waals surface area contributed by atoms with E-state index in [1.165, 1.54) is 6.33 Å². The molecule has 25 heavy (non-hydrogen) atoms. The monoisotopic (exact) mass is 337 g/mol. The number of aliphatic imine (C=N–C) groups is 1. The zero-order chi connectivity index (χ0) is 17.2. The number of benzene rings is 1. The molecule has 0 atom stereocenters. The number of rotatable bonds is 4. The Labute approximate surface area is 145 Å². The summed E-state index contributed by atoms with van der Waals surface area (Å²) >= 11 is 0. The summed E-state index contributed by atoms with van der Waals surface area (Å²) in [5.74, 6) is 1.59. The Balaban J connectivity index is 1.65. The summed E-state index contributed by atoms with van der Waals surface area (Å²) in [6.45, 7) is 4.91. The highest BCUT2D eigenvalue weighted by molar-refractivity contribution is 6.14. The lowest BCUT2D eigenvalue weighted by molar-refractivity contribution is -0.120. The van der Waals surface area contributed by atoms with Gasteiger partial charge in [-0.25, -0.2) is 9.97 Å². The average molecular weight is 337 g/mol. The van der Waals surface area contributed by atoms with Crippen LogP contribution in [0.5, 0.6) is 5.75 Å². The van der Waals surface area contributed by atoms with Gasteiger partial charge in [-0.1, -0.05) is 6.07 Å². The minimum absolute atomic E-state index is 0.0105. The molecule has 3 heterocycles. The summed E-state index contributed by atoms with van der Waals surface area (Å²) in [6, 6.07) is 7.94. The maximum Gasteiger partial charge on any atom is 0.239 e. The molecule has 2 aromatic rings. The van der Waals surface area contributed by atoms with Crippen molar-refractivity contribution >= 4 is 17.4 Å². The summed E-state index contributed by atoms with van der Waals surface area (Å²) in [7, 11) is 0. The van der Waals surface area contributed by atoms with Gasteiger partial charge in [0.05, 0.1) is 31.1 Å². The van der Waals surface area contributed by atoms with Crippen molar-refractivity contribution in [3.8, 4) is 5.75 Å². The standard InChI is InChI=1S/C18H19N5O2/c1-2-25-13-4-3-12-9-20-18(14(12)7-13)15-8-16(22-11-21-15)23-6-5-19-17(24)10-23/h3-4,7-8,11H,2,5-6,9-10H2,1H3,(H,19,24). The van der Waals surface area contributed by atoms with E-state index in [2.05, 4.69) is 20.3 Å². The van der Waals surface area contributed by atoms with Crippen molar-refractivity contribution < 1.29 is 9.53 Å². The molecule has 7 nitrogen and oxygen atoms in total. The van der Waals surface area contributed by atoms with Crippen LogP contribution < -0.4 is 15.0 Å². The van der Waals surface area contributed by atoms with E-state index in [1.807, 2.05) is 36.1 Å². The summed E-state index contributed by atoms with van der Waals surface area (Å²) in [5.41, 5.74) is 3.83. The fourth-order valence-electron chi connectivity index (χ4n) is 3.12. The second-order valence-corrected chi connectivity index (χ2v) is 5.95. The Kier molecular flexibility index (Phi) is 4.05. The van der Waals surface area contributed by atoms with Gasteiger partial charge in [0, 0.05) is 24.7 Å². The summed E-state index contributed by atoms with van der Waals surface area (Å²) in [6.07, 6.45) is 1.53. The van der Waals surface area contributed by atoms with E-state index >= 15 is 0 Å². The molecule has 0 bridgehead atoms. The molecule has 1 amide bonds. The molecule has 0 aliphatic carbocycles. The molecular formula is C18H19N5O2. The molecule has 1 aromatic heterocycles. The average Bonchev–Trinajstić information content (AvgIpc) is 3.05. The third kappa shape index (κ3) is 3.05. The highest BCUT2D eigenvalue weighted by Gasteiger charge is 2.22. The minimum atomic E-state index is 0.0105. The molecule has 1 aromatic carbocycles. The maximum absolute atomic E-state index is 11.6. The van der Waals surface area contributed by atoms with Gasteiger partial charge in [-0.3, -0.25) is 9.79 Å². The van der Waals surface area contributed by atoms with Crippen LogP contribution in [0, 0.1) is 0 Å². The molecule has 4 rings (SSSR count). The van der Waals surface area contributed by atoms with Crippen molar-refractivity contribution in [2.45, 2.75) is 13.5 Å². The van der Waals surface area contributed by atoms with E-state index in [9.17, 15) is 4.79 Å². The van der Waals surface area contributed by atoms with Crippen molar-refractivity contribution in [1.29, 1.82) is 0 Å². The van der Waals surface area contributed by atoms with Crippen LogP contribution >= 0.6 is 0 Å². The SMILES string of the molecule is CCOc1ccc2c(c1)C(c1cc(N3CCNC(=O)C3)ncn1)=NC2. The first-order valence-electron chi connectivity index (χ1n) is 8.39. The smallest absolute Gasteiger partial charge is 0.239 e. The topological polar surface area (TPSA) is 79.7 Å². The van der Waals surface area contributed by atoms with E-state index < -0.39 is 0 Å². The molecule has 2 aliphatic rings. The number of hydrogen-bond acceptors (Lipinski definition) is 6. The number of carbonyl (C=O) groups is 1. The summed E-state index contributed by atoms with van der Waals surface area (Å²) in [5, 5.41) is 2.82. The van der Waals surface area contributed by atoms with Gasteiger partial charge in [0.15, 0.2) is 0 Å².